The van der Waals surface area contributed by atoms with Crippen molar-refractivity contribution >= 4 is 6.09 Å². The Morgan fingerprint density at radius 1 is 1.22 bits per heavy atom. The number of amides is 1. The molecule has 2 heterocycles. The lowest BCUT2D eigenvalue weighted by molar-refractivity contribution is -0.272. The molecule has 0 aromatic heterocycles. The predicted molar refractivity (Wildman–Crippen MR) is 60.2 cm³/mol. The number of hydrogen-bond donors (Lipinski definition) is 0. The maximum Gasteiger partial charge on any atom is 0.251 e. The molecule has 0 unspecified atom stereocenters. The quantitative estimate of drug-likeness (QED) is 0.745. The second kappa shape index (κ2) is 5.82. The van der Waals surface area contributed by atoms with Gasteiger partial charge in [-0.3, -0.25) is 4.90 Å². The first-order valence-electron chi connectivity index (χ1n) is 6.51. The van der Waals surface area contributed by atoms with Crippen LogP contribution < -0.4 is 5.11 Å². The standard InChI is InChI=1S/C12H20F2N2O2/c13-11(14)8-15-3-1-9(2-4-15)5-10-6-16(7-10)12(17)18/h9-11H,1-8H2,(H,17,18)/p-1. The van der Waals surface area contributed by atoms with E-state index in [9.17, 15) is 18.7 Å². The van der Waals surface area contributed by atoms with Gasteiger partial charge in [-0.2, -0.15) is 0 Å². The molecule has 0 radical (unpaired) electrons. The number of nitrogens with zero attached hydrogens (tertiary/aromatic N) is 2. The van der Waals surface area contributed by atoms with Crippen LogP contribution in [-0.2, 0) is 0 Å². The minimum Gasteiger partial charge on any atom is -0.530 e. The summed E-state index contributed by atoms with van der Waals surface area (Å²) < 4.78 is 24.4. The molecule has 2 rings (SSSR count). The number of carboxylic acid groups (broad SMARTS) is 1. The zero-order valence-corrected chi connectivity index (χ0v) is 10.4. The molecule has 0 aromatic carbocycles. The Morgan fingerprint density at radius 2 is 1.83 bits per heavy atom. The first kappa shape index (κ1) is 13.5. The van der Waals surface area contributed by atoms with Gasteiger partial charge in [-0.15, -0.1) is 0 Å². The van der Waals surface area contributed by atoms with Gasteiger partial charge in [0.25, 0.3) is 6.43 Å². The summed E-state index contributed by atoms with van der Waals surface area (Å²) in [6.45, 7) is 2.53. The van der Waals surface area contributed by atoms with Crippen LogP contribution >= 0.6 is 0 Å². The first-order chi connectivity index (χ1) is 8.54. The molecule has 2 aliphatic heterocycles. The summed E-state index contributed by atoms with van der Waals surface area (Å²) in [6.07, 6.45) is -0.405. The van der Waals surface area contributed by atoms with Crippen LogP contribution in [0.25, 0.3) is 0 Å². The molecular formula is C12H19F2N2O2-. The molecule has 4 nitrogen and oxygen atoms in total. The van der Waals surface area contributed by atoms with Gasteiger partial charge >= 0.3 is 0 Å². The van der Waals surface area contributed by atoms with E-state index in [2.05, 4.69) is 0 Å². The van der Waals surface area contributed by atoms with Gasteiger partial charge in [-0.25, -0.2) is 8.78 Å². The average Bonchev–Trinajstić information content (AvgIpc) is 2.23. The van der Waals surface area contributed by atoms with Crippen LogP contribution in [0.4, 0.5) is 13.6 Å². The fourth-order valence-corrected chi connectivity index (χ4v) is 2.94. The van der Waals surface area contributed by atoms with Crippen LogP contribution in [0, 0.1) is 11.8 Å². The zero-order chi connectivity index (χ0) is 13.1. The highest BCUT2D eigenvalue weighted by atomic mass is 19.3. The molecule has 2 fully saturated rings. The largest absolute Gasteiger partial charge is 0.530 e. The predicted octanol–water partition coefficient (Wildman–Crippen LogP) is 0.629. The van der Waals surface area contributed by atoms with E-state index in [1.54, 1.807) is 0 Å². The molecule has 0 aliphatic carbocycles. The monoisotopic (exact) mass is 261 g/mol. The zero-order valence-electron chi connectivity index (χ0n) is 10.4. The Morgan fingerprint density at radius 3 is 2.33 bits per heavy atom. The Labute approximate surface area is 106 Å². The van der Waals surface area contributed by atoms with E-state index >= 15 is 0 Å². The molecule has 0 spiro atoms. The number of rotatable bonds is 4. The molecule has 0 N–H and O–H groups in total. The van der Waals surface area contributed by atoms with Gasteiger partial charge in [-0.1, -0.05) is 0 Å². The van der Waals surface area contributed by atoms with Gasteiger partial charge in [0.1, 0.15) is 6.09 Å². The lowest BCUT2D eigenvalue weighted by atomic mass is 9.84. The fourth-order valence-electron chi connectivity index (χ4n) is 2.94. The van der Waals surface area contributed by atoms with Crippen LogP contribution in [0.5, 0.6) is 0 Å². The van der Waals surface area contributed by atoms with Gasteiger partial charge in [0.05, 0.1) is 6.54 Å². The molecule has 6 heteroatoms. The van der Waals surface area contributed by atoms with Crippen LogP contribution in [-0.4, -0.2) is 55.0 Å². The third-order valence-electron chi connectivity index (χ3n) is 3.99. The number of halogens is 2. The van der Waals surface area contributed by atoms with E-state index < -0.39 is 12.5 Å². The van der Waals surface area contributed by atoms with E-state index in [1.165, 1.54) is 4.90 Å². The van der Waals surface area contributed by atoms with Crippen molar-refractivity contribution in [1.29, 1.82) is 0 Å². The van der Waals surface area contributed by atoms with E-state index in [1.807, 2.05) is 4.90 Å². The van der Waals surface area contributed by atoms with Crippen molar-refractivity contribution < 1.29 is 18.7 Å². The van der Waals surface area contributed by atoms with Crippen LogP contribution in [0.15, 0.2) is 0 Å². The summed E-state index contributed by atoms with van der Waals surface area (Å²) in [4.78, 5) is 13.6. The Kier molecular flexibility index (Phi) is 4.37. The second-order valence-corrected chi connectivity index (χ2v) is 5.41. The van der Waals surface area contributed by atoms with E-state index in [4.69, 9.17) is 0 Å². The van der Waals surface area contributed by atoms with Crippen LogP contribution in [0.1, 0.15) is 19.3 Å². The molecule has 0 bridgehead atoms. The van der Waals surface area contributed by atoms with Gasteiger partial charge in [0.15, 0.2) is 0 Å². The van der Waals surface area contributed by atoms with Crippen molar-refractivity contribution in [3.8, 4) is 0 Å². The van der Waals surface area contributed by atoms with Gasteiger partial charge in [0.2, 0.25) is 0 Å². The first-order valence-corrected chi connectivity index (χ1v) is 6.51. The highest BCUT2D eigenvalue weighted by Crippen LogP contribution is 2.29. The van der Waals surface area contributed by atoms with Crippen molar-refractivity contribution in [1.82, 2.24) is 9.80 Å². The summed E-state index contributed by atoms with van der Waals surface area (Å²) in [7, 11) is 0. The Balaban J connectivity index is 1.61. The number of piperidine rings is 1. The number of alkyl halides is 2. The fraction of sp³-hybridized carbons (Fsp3) is 0.917. The molecule has 1 amide bonds. The lowest BCUT2D eigenvalue weighted by Gasteiger charge is -2.43. The van der Waals surface area contributed by atoms with Crippen LogP contribution in [0.3, 0.4) is 0 Å². The number of likely N-dealkylation sites (tertiary alicyclic amines) is 2. The normalized spacial score (nSPS) is 23.4. The summed E-state index contributed by atoms with van der Waals surface area (Å²) in [5.41, 5.74) is 0. The third kappa shape index (κ3) is 3.54. The maximum atomic E-state index is 12.2. The highest BCUT2D eigenvalue weighted by molar-refractivity contribution is 5.63. The summed E-state index contributed by atoms with van der Waals surface area (Å²) in [5, 5.41) is 10.5. The molecule has 2 saturated heterocycles. The third-order valence-corrected chi connectivity index (χ3v) is 3.99. The Bertz CT molecular complexity index is 288. The van der Waals surface area contributed by atoms with Crippen molar-refractivity contribution in [2.24, 2.45) is 11.8 Å². The van der Waals surface area contributed by atoms with E-state index in [-0.39, 0.29) is 6.54 Å². The average molecular weight is 261 g/mol. The molecular weight excluding hydrogens is 242 g/mol. The highest BCUT2D eigenvalue weighted by Gasteiger charge is 2.30. The minimum absolute atomic E-state index is 0.116. The number of carbonyl (C=O) groups is 1. The molecule has 0 atom stereocenters. The number of carbonyl (C=O) groups excluding carboxylic acids is 1. The lowest BCUT2D eigenvalue weighted by Crippen LogP contribution is -2.55. The van der Waals surface area contributed by atoms with Crippen molar-refractivity contribution in [3.63, 3.8) is 0 Å². The number of hydrogen-bond acceptors (Lipinski definition) is 3. The van der Waals surface area contributed by atoms with Crippen molar-refractivity contribution in [3.05, 3.63) is 0 Å². The molecule has 104 valence electrons. The van der Waals surface area contributed by atoms with E-state index in [0.717, 1.165) is 32.4 Å². The minimum atomic E-state index is -2.25. The summed E-state index contributed by atoms with van der Waals surface area (Å²) in [5.74, 6) is 1.00. The molecule has 18 heavy (non-hydrogen) atoms. The molecule has 2 aliphatic rings. The SMILES string of the molecule is O=C([O-])N1CC(CC2CCN(CC(F)F)CC2)C1. The van der Waals surface area contributed by atoms with Gasteiger partial charge in [-0.05, 0) is 44.2 Å². The molecule has 0 saturated carbocycles. The van der Waals surface area contributed by atoms with Crippen molar-refractivity contribution in [2.45, 2.75) is 25.7 Å². The maximum absolute atomic E-state index is 12.2. The van der Waals surface area contributed by atoms with Gasteiger partial charge in [0, 0.05) is 13.1 Å². The Hall–Kier alpha value is -0.910. The topological polar surface area (TPSA) is 46.6 Å². The van der Waals surface area contributed by atoms with Gasteiger partial charge < -0.3 is 14.8 Å². The molecule has 0 aromatic rings. The summed E-state index contributed by atoms with van der Waals surface area (Å²) >= 11 is 0. The van der Waals surface area contributed by atoms with Crippen molar-refractivity contribution in [2.75, 3.05) is 32.7 Å². The smallest absolute Gasteiger partial charge is 0.251 e. The second-order valence-electron chi connectivity index (χ2n) is 5.41. The van der Waals surface area contributed by atoms with Crippen LogP contribution in [0.2, 0.25) is 0 Å². The van der Waals surface area contributed by atoms with E-state index in [0.29, 0.717) is 24.9 Å². The summed E-state index contributed by atoms with van der Waals surface area (Å²) in [6, 6.07) is 0.